The summed E-state index contributed by atoms with van der Waals surface area (Å²) in [5.74, 6) is 0.0931. The van der Waals surface area contributed by atoms with Gasteiger partial charge in [0.1, 0.15) is 6.04 Å². The molecule has 60 heavy (non-hydrogen) atoms. The number of carbonyl (C=O) groups is 4. The van der Waals surface area contributed by atoms with Crippen LogP contribution in [0.5, 0.6) is 0 Å². The number of hydrogen-bond donors (Lipinski definition) is 4. The van der Waals surface area contributed by atoms with Gasteiger partial charge in [0.05, 0.1) is 30.9 Å². The second-order valence-corrected chi connectivity index (χ2v) is 17.4. The van der Waals surface area contributed by atoms with Gasteiger partial charge in [0.15, 0.2) is 0 Å². The van der Waals surface area contributed by atoms with Crippen molar-refractivity contribution in [1.82, 2.24) is 16.0 Å². The molecule has 0 bridgehead atoms. The lowest BCUT2D eigenvalue weighted by molar-refractivity contribution is -0.150. The number of hydrogen-bond acceptors (Lipinski definition) is 8. The Morgan fingerprint density at radius 2 is 0.867 bits per heavy atom. The third-order valence-corrected chi connectivity index (χ3v) is 11.6. The van der Waals surface area contributed by atoms with Crippen LogP contribution >= 0.6 is 0 Å². The molecule has 352 valence electrons. The van der Waals surface area contributed by atoms with Crippen molar-refractivity contribution in [2.45, 2.75) is 246 Å². The highest BCUT2D eigenvalue weighted by molar-refractivity contribution is 5.87. The number of carbonyl (C=O) groups excluding carboxylic acids is 4. The van der Waals surface area contributed by atoms with Crippen molar-refractivity contribution >= 4 is 23.8 Å². The van der Waals surface area contributed by atoms with Gasteiger partial charge in [0, 0.05) is 19.5 Å². The molecule has 0 aliphatic rings. The largest absolute Gasteiger partial charge is 0.465 e. The van der Waals surface area contributed by atoms with Crippen LogP contribution in [0, 0.1) is 11.8 Å². The molecule has 0 heterocycles. The minimum atomic E-state index is -0.642. The molecule has 0 aromatic heterocycles. The molecule has 5 N–H and O–H groups in total. The first-order valence-corrected chi connectivity index (χ1v) is 25.3. The fourth-order valence-electron chi connectivity index (χ4n) is 7.70. The van der Waals surface area contributed by atoms with Gasteiger partial charge < -0.3 is 31.2 Å². The van der Waals surface area contributed by atoms with E-state index in [-0.39, 0.29) is 35.6 Å². The summed E-state index contributed by atoms with van der Waals surface area (Å²) in [5.41, 5.74) is 5.66. The normalized spacial score (nSPS) is 12.7. The molecule has 0 aliphatic carbocycles. The van der Waals surface area contributed by atoms with Crippen molar-refractivity contribution in [3.05, 3.63) is 12.4 Å². The van der Waals surface area contributed by atoms with E-state index in [9.17, 15) is 19.2 Å². The summed E-state index contributed by atoms with van der Waals surface area (Å²) in [6.45, 7) is 14.5. The Morgan fingerprint density at radius 3 is 1.35 bits per heavy atom. The quantitative estimate of drug-likeness (QED) is 0.0350. The van der Waals surface area contributed by atoms with Crippen molar-refractivity contribution in [3.63, 3.8) is 0 Å². The van der Waals surface area contributed by atoms with E-state index in [4.69, 9.17) is 15.2 Å². The molecule has 0 radical (unpaired) electrons. The van der Waals surface area contributed by atoms with Crippen LogP contribution in [0.1, 0.15) is 240 Å². The van der Waals surface area contributed by atoms with Gasteiger partial charge in [-0.25, -0.2) is 0 Å². The molecule has 0 spiro atoms. The highest BCUT2D eigenvalue weighted by Crippen LogP contribution is 2.22. The van der Waals surface area contributed by atoms with Crippen LogP contribution < -0.4 is 21.7 Å². The summed E-state index contributed by atoms with van der Waals surface area (Å²) >= 11 is 0. The fraction of sp³-hybridized carbons (Fsp3) is 0.880. The minimum Gasteiger partial charge on any atom is -0.465 e. The molecular formula is C50H96N4O6. The molecule has 0 fully saturated rings. The number of nitrogens with two attached hydrogens (primary N) is 1. The monoisotopic (exact) mass is 849 g/mol. The third-order valence-electron chi connectivity index (χ3n) is 11.6. The van der Waals surface area contributed by atoms with E-state index in [2.05, 4.69) is 50.2 Å². The van der Waals surface area contributed by atoms with Crippen molar-refractivity contribution in [2.75, 3.05) is 26.3 Å². The molecule has 10 nitrogen and oxygen atoms in total. The first-order valence-electron chi connectivity index (χ1n) is 25.3. The zero-order valence-corrected chi connectivity index (χ0v) is 39.6. The van der Waals surface area contributed by atoms with Crippen molar-refractivity contribution in [3.8, 4) is 0 Å². The molecule has 0 aromatic carbocycles. The lowest BCUT2D eigenvalue weighted by Crippen LogP contribution is -2.48. The summed E-state index contributed by atoms with van der Waals surface area (Å²) in [6, 6.07) is -0.642. The van der Waals surface area contributed by atoms with E-state index in [0.29, 0.717) is 45.0 Å². The lowest BCUT2D eigenvalue weighted by atomic mass is 9.94. The Kier molecular flexibility index (Phi) is 40.9. The van der Waals surface area contributed by atoms with Crippen molar-refractivity contribution in [2.24, 2.45) is 17.6 Å². The van der Waals surface area contributed by atoms with Gasteiger partial charge in [-0.15, -0.1) is 0 Å². The summed E-state index contributed by atoms with van der Waals surface area (Å²) in [5, 5.41) is 8.90. The van der Waals surface area contributed by atoms with Gasteiger partial charge in [-0.1, -0.05) is 182 Å². The molecule has 0 rings (SSSR count). The van der Waals surface area contributed by atoms with Gasteiger partial charge in [-0.05, 0) is 57.8 Å². The van der Waals surface area contributed by atoms with E-state index in [1.807, 2.05) is 0 Å². The average molecular weight is 849 g/mol. The van der Waals surface area contributed by atoms with Gasteiger partial charge in [0.2, 0.25) is 11.8 Å². The molecule has 3 atom stereocenters. The maximum absolute atomic E-state index is 13.1. The summed E-state index contributed by atoms with van der Waals surface area (Å²) in [7, 11) is 0. The highest BCUT2D eigenvalue weighted by Gasteiger charge is 2.22. The first-order chi connectivity index (χ1) is 29.2. The van der Waals surface area contributed by atoms with Crippen LogP contribution in [0.3, 0.4) is 0 Å². The van der Waals surface area contributed by atoms with Crippen LogP contribution in [0.2, 0.25) is 0 Å². The molecule has 0 saturated carbocycles. The van der Waals surface area contributed by atoms with Crippen LogP contribution in [0.15, 0.2) is 12.4 Å². The Balaban J connectivity index is 4.34. The highest BCUT2D eigenvalue weighted by atomic mass is 16.5. The van der Waals surface area contributed by atoms with Crippen molar-refractivity contribution < 1.29 is 28.7 Å². The Morgan fingerprint density at radius 1 is 0.467 bits per heavy atom. The smallest absolute Gasteiger partial charge is 0.308 e. The van der Waals surface area contributed by atoms with E-state index < -0.39 is 6.04 Å². The van der Waals surface area contributed by atoms with E-state index >= 15 is 0 Å². The van der Waals surface area contributed by atoms with Crippen molar-refractivity contribution in [1.29, 1.82) is 0 Å². The van der Waals surface area contributed by atoms with Crippen LogP contribution in [-0.2, 0) is 28.7 Å². The maximum Gasteiger partial charge on any atom is 0.308 e. The van der Waals surface area contributed by atoms with Crippen LogP contribution in [0.4, 0.5) is 0 Å². The molecule has 3 unspecified atom stereocenters. The van der Waals surface area contributed by atoms with E-state index in [1.54, 1.807) is 0 Å². The molecule has 2 amide bonds. The Labute approximate surface area is 369 Å². The minimum absolute atomic E-state index is 0.0100. The number of ether oxygens (including phenoxy) is 2. The summed E-state index contributed by atoms with van der Waals surface area (Å²) in [4.78, 5) is 51.5. The van der Waals surface area contributed by atoms with E-state index in [1.165, 1.54) is 70.6 Å². The number of esters is 2. The predicted molar refractivity (Wildman–Crippen MR) is 250 cm³/mol. The standard InChI is InChI=1S/C50H96N4O6/c1-6-10-14-17-21-28-36-45(35-27-16-12-8-3)50(58)60-41-31-24-19-18-23-30-39-53-48(56)46(38-40-52-43(5)51)54-47(55)37-29-22-20-25-32-42-59-49(57)44(33-13-9-4)34-26-15-11-7-2/h44-46,52H,5-42,51H2,1-4H3,(H,53,56)(H,54,55). The second-order valence-electron chi connectivity index (χ2n) is 17.4. The molecule has 10 heteroatoms. The summed E-state index contributed by atoms with van der Waals surface area (Å²) < 4.78 is 11.4. The average Bonchev–Trinajstić information content (AvgIpc) is 3.23. The molecule has 0 saturated heterocycles. The Hall–Kier alpha value is -2.78. The number of nitrogens with one attached hydrogen (secondary N) is 3. The lowest BCUT2D eigenvalue weighted by Gasteiger charge is -2.19. The molecular weight excluding hydrogens is 753 g/mol. The molecule has 0 aliphatic heterocycles. The van der Waals surface area contributed by atoms with Gasteiger partial charge in [-0.3, -0.25) is 19.2 Å². The molecule has 0 aromatic rings. The van der Waals surface area contributed by atoms with Gasteiger partial charge in [-0.2, -0.15) is 0 Å². The number of amides is 2. The number of unbranched alkanes of at least 4 members (excludes halogenated alkanes) is 21. The van der Waals surface area contributed by atoms with Crippen LogP contribution in [0.25, 0.3) is 0 Å². The second kappa shape index (κ2) is 42.9. The van der Waals surface area contributed by atoms with Crippen LogP contribution in [-0.4, -0.2) is 56.1 Å². The topological polar surface area (TPSA) is 149 Å². The maximum atomic E-state index is 13.1. The number of rotatable bonds is 45. The van der Waals surface area contributed by atoms with Gasteiger partial charge in [0.25, 0.3) is 0 Å². The first kappa shape index (κ1) is 57.2. The zero-order valence-electron chi connectivity index (χ0n) is 39.6. The summed E-state index contributed by atoms with van der Waals surface area (Å²) in [6.07, 6.45) is 34.0. The Bertz CT molecular complexity index is 1060. The van der Waals surface area contributed by atoms with E-state index in [0.717, 1.165) is 128 Å². The third kappa shape index (κ3) is 35.9. The fourth-order valence-corrected chi connectivity index (χ4v) is 7.70. The predicted octanol–water partition coefficient (Wildman–Crippen LogP) is 11.9. The SMILES string of the molecule is C=C(N)NCCC(NC(=O)CCCCCCCOC(=O)C(CCCC)CCCCCC)C(=O)NCCCCCCCCOC(=O)C(CCCCCC)CCCCCCCC. The van der Waals surface area contributed by atoms with Gasteiger partial charge >= 0.3 is 11.9 Å². The zero-order chi connectivity index (χ0) is 44.3.